The molecule has 164 valence electrons. The highest BCUT2D eigenvalue weighted by atomic mass is 19.4. The van der Waals surface area contributed by atoms with Gasteiger partial charge in [-0.1, -0.05) is 12.1 Å². The van der Waals surface area contributed by atoms with E-state index < -0.39 is 35.7 Å². The Kier molecular flexibility index (Phi) is 6.47. The summed E-state index contributed by atoms with van der Waals surface area (Å²) in [4.78, 5) is 38.2. The molecule has 1 aliphatic heterocycles. The minimum absolute atomic E-state index is 0.00561. The molecule has 1 unspecified atom stereocenters. The Morgan fingerprint density at radius 2 is 1.71 bits per heavy atom. The number of methoxy groups -OCH3 is 1. The molecule has 1 atom stereocenters. The van der Waals surface area contributed by atoms with Crippen molar-refractivity contribution in [2.24, 2.45) is 0 Å². The Balaban J connectivity index is 1.69. The van der Waals surface area contributed by atoms with Crippen LogP contribution < -0.4 is 10.6 Å². The maximum absolute atomic E-state index is 12.8. The number of carbonyl (C=O) groups excluding carboxylic acids is 3. The first-order valence-corrected chi connectivity index (χ1v) is 9.43. The summed E-state index contributed by atoms with van der Waals surface area (Å²) in [6.45, 7) is 0.407. The molecule has 0 aliphatic carbocycles. The maximum atomic E-state index is 12.8. The van der Waals surface area contributed by atoms with E-state index in [0.29, 0.717) is 25.1 Å². The number of amides is 3. The predicted octanol–water partition coefficient (Wildman–Crippen LogP) is 4.13. The third-order valence-electron chi connectivity index (χ3n) is 4.80. The van der Waals surface area contributed by atoms with Crippen molar-refractivity contribution in [1.29, 1.82) is 0 Å². The number of nitrogens with zero attached hydrogens (tertiary/aromatic N) is 1. The van der Waals surface area contributed by atoms with Crippen LogP contribution in [0.4, 0.5) is 29.3 Å². The van der Waals surface area contributed by atoms with Gasteiger partial charge in [-0.25, -0.2) is 4.79 Å². The fourth-order valence-corrected chi connectivity index (χ4v) is 3.32. The predicted molar refractivity (Wildman–Crippen MR) is 107 cm³/mol. The van der Waals surface area contributed by atoms with Gasteiger partial charge in [0.15, 0.2) is 0 Å². The number of carbonyl (C=O) groups is 3. The molecular formula is C21H20F3N3O4. The van der Waals surface area contributed by atoms with Crippen LogP contribution >= 0.6 is 0 Å². The lowest BCUT2D eigenvalue weighted by Gasteiger charge is -2.22. The van der Waals surface area contributed by atoms with Gasteiger partial charge in [-0.05, 0) is 49.2 Å². The minimum Gasteiger partial charge on any atom is -0.453 e. The first-order chi connectivity index (χ1) is 14.7. The van der Waals surface area contributed by atoms with E-state index in [4.69, 9.17) is 0 Å². The number of likely N-dealkylation sites (tertiary alicyclic amines) is 1. The second-order valence-electron chi connectivity index (χ2n) is 6.92. The normalized spacial score (nSPS) is 16.0. The molecule has 1 heterocycles. The first kappa shape index (κ1) is 22.1. The molecule has 10 heteroatoms. The molecule has 1 aliphatic rings. The summed E-state index contributed by atoms with van der Waals surface area (Å²) < 4.78 is 43.2. The molecule has 0 spiro atoms. The Bertz CT molecular complexity index is 994. The number of nitrogens with one attached hydrogen (secondary N) is 2. The fraction of sp³-hybridized carbons (Fsp3) is 0.286. The summed E-state index contributed by atoms with van der Waals surface area (Å²) >= 11 is 0. The van der Waals surface area contributed by atoms with Gasteiger partial charge in [0.2, 0.25) is 5.91 Å². The smallest absolute Gasteiger partial charge is 0.416 e. The number of benzene rings is 2. The highest BCUT2D eigenvalue weighted by Gasteiger charge is 2.35. The second kappa shape index (κ2) is 9.07. The zero-order valence-corrected chi connectivity index (χ0v) is 16.5. The van der Waals surface area contributed by atoms with Gasteiger partial charge in [-0.15, -0.1) is 0 Å². The van der Waals surface area contributed by atoms with Crippen LogP contribution in [0, 0.1) is 0 Å². The number of ether oxygens (including phenoxy) is 1. The number of alkyl halides is 3. The van der Waals surface area contributed by atoms with Gasteiger partial charge in [0.25, 0.3) is 5.91 Å². The van der Waals surface area contributed by atoms with Crippen molar-refractivity contribution in [2.75, 3.05) is 24.3 Å². The van der Waals surface area contributed by atoms with Crippen molar-refractivity contribution >= 4 is 29.3 Å². The maximum Gasteiger partial charge on any atom is 0.416 e. The largest absolute Gasteiger partial charge is 0.453 e. The van der Waals surface area contributed by atoms with Gasteiger partial charge >= 0.3 is 12.3 Å². The van der Waals surface area contributed by atoms with E-state index in [-0.39, 0.29) is 11.3 Å². The lowest BCUT2D eigenvalue weighted by molar-refractivity contribution is -0.137. The molecule has 1 saturated heterocycles. The number of halogens is 3. The van der Waals surface area contributed by atoms with Crippen LogP contribution in [0.15, 0.2) is 48.5 Å². The van der Waals surface area contributed by atoms with Crippen molar-refractivity contribution in [3.8, 4) is 0 Å². The molecule has 2 aromatic rings. The molecule has 31 heavy (non-hydrogen) atoms. The van der Waals surface area contributed by atoms with E-state index >= 15 is 0 Å². The van der Waals surface area contributed by atoms with E-state index in [1.165, 1.54) is 42.3 Å². The van der Waals surface area contributed by atoms with Crippen LogP contribution in [0.25, 0.3) is 0 Å². The zero-order chi connectivity index (χ0) is 22.6. The Hall–Kier alpha value is -3.56. The standard InChI is InChI=1S/C21H20F3N3O4/c1-31-20(30)27-10-4-9-17(27)19(29)26-15-7-2-5-13(11-15)18(28)25-16-8-3-6-14(12-16)21(22,23)24/h2-3,5-8,11-12,17H,4,9-10H2,1H3,(H,25,28)(H,26,29). The Morgan fingerprint density at radius 3 is 2.39 bits per heavy atom. The average Bonchev–Trinajstić information content (AvgIpc) is 3.23. The molecule has 1 fully saturated rings. The van der Waals surface area contributed by atoms with Gasteiger partial charge in [0, 0.05) is 23.5 Å². The van der Waals surface area contributed by atoms with Crippen LogP contribution in [0.3, 0.4) is 0 Å². The summed E-state index contributed by atoms with van der Waals surface area (Å²) in [5, 5.41) is 5.08. The molecule has 2 N–H and O–H groups in total. The summed E-state index contributed by atoms with van der Waals surface area (Å²) in [5.41, 5.74) is -0.420. The van der Waals surface area contributed by atoms with Crippen molar-refractivity contribution in [3.05, 3.63) is 59.7 Å². The van der Waals surface area contributed by atoms with Crippen molar-refractivity contribution < 1.29 is 32.3 Å². The topological polar surface area (TPSA) is 87.7 Å². The molecule has 0 saturated carbocycles. The Morgan fingerprint density at radius 1 is 1.03 bits per heavy atom. The summed E-state index contributed by atoms with van der Waals surface area (Å²) in [6.07, 6.45) is -3.97. The molecule has 3 rings (SSSR count). The number of anilines is 2. The first-order valence-electron chi connectivity index (χ1n) is 9.43. The molecule has 0 aromatic heterocycles. The fourth-order valence-electron chi connectivity index (χ4n) is 3.32. The average molecular weight is 435 g/mol. The van der Waals surface area contributed by atoms with E-state index in [0.717, 1.165) is 12.1 Å². The minimum atomic E-state index is -4.52. The van der Waals surface area contributed by atoms with E-state index in [2.05, 4.69) is 15.4 Å². The monoisotopic (exact) mass is 435 g/mol. The van der Waals surface area contributed by atoms with Crippen LogP contribution in [-0.2, 0) is 15.7 Å². The SMILES string of the molecule is COC(=O)N1CCCC1C(=O)Nc1cccc(C(=O)Nc2cccc(C(F)(F)F)c2)c1. The van der Waals surface area contributed by atoms with E-state index in [1.807, 2.05) is 0 Å². The third kappa shape index (κ3) is 5.33. The van der Waals surface area contributed by atoms with Gasteiger partial charge < -0.3 is 15.4 Å². The highest BCUT2D eigenvalue weighted by Crippen LogP contribution is 2.30. The zero-order valence-electron chi connectivity index (χ0n) is 16.5. The highest BCUT2D eigenvalue weighted by molar-refractivity contribution is 6.05. The number of hydrogen-bond donors (Lipinski definition) is 2. The number of hydrogen-bond acceptors (Lipinski definition) is 4. The molecule has 0 radical (unpaired) electrons. The number of rotatable bonds is 4. The van der Waals surface area contributed by atoms with E-state index in [1.54, 1.807) is 6.07 Å². The van der Waals surface area contributed by atoms with Crippen LogP contribution in [-0.4, -0.2) is 42.5 Å². The molecule has 0 bridgehead atoms. The molecule has 3 amide bonds. The molecule has 7 nitrogen and oxygen atoms in total. The molecule has 2 aromatic carbocycles. The summed E-state index contributed by atoms with van der Waals surface area (Å²) in [5.74, 6) is -1.05. The summed E-state index contributed by atoms with van der Waals surface area (Å²) in [7, 11) is 1.24. The van der Waals surface area contributed by atoms with Crippen LogP contribution in [0.1, 0.15) is 28.8 Å². The van der Waals surface area contributed by atoms with Crippen LogP contribution in [0.5, 0.6) is 0 Å². The van der Waals surface area contributed by atoms with Crippen molar-refractivity contribution in [1.82, 2.24) is 4.90 Å². The second-order valence-corrected chi connectivity index (χ2v) is 6.92. The van der Waals surface area contributed by atoms with Gasteiger partial charge in [-0.3, -0.25) is 14.5 Å². The quantitative estimate of drug-likeness (QED) is 0.756. The van der Waals surface area contributed by atoms with Crippen molar-refractivity contribution in [2.45, 2.75) is 25.1 Å². The van der Waals surface area contributed by atoms with Gasteiger partial charge in [0.05, 0.1) is 12.7 Å². The Labute approximate surface area is 176 Å². The van der Waals surface area contributed by atoms with Crippen LogP contribution in [0.2, 0.25) is 0 Å². The van der Waals surface area contributed by atoms with Gasteiger partial charge in [-0.2, -0.15) is 13.2 Å². The van der Waals surface area contributed by atoms with Crippen molar-refractivity contribution in [3.63, 3.8) is 0 Å². The lowest BCUT2D eigenvalue weighted by Crippen LogP contribution is -2.43. The molecular weight excluding hydrogens is 415 g/mol. The third-order valence-corrected chi connectivity index (χ3v) is 4.80. The van der Waals surface area contributed by atoms with Gasteiger partial charge in [0.1, 0.15) is 6.04 Å². The lowest BCUT2D eigenvalue weighted by atomic mass is 10.1. The summed E-state index contributed by atoms with van der Waals surface area (Å²) in [6, 6.07) is 9.57. The van der Waals surface area contributed by atoms with E-state index in [9.17, 15) is 27.6 Å².